The van der Waals surface area contributed by atoms with Crippen LogP contribution in [0.1, 0.15) is 16.7 Å². The van der Waals surface area contributed by atoms with Crippen molar-refractivity contribution in [3.63, 3.8) is 0 Å². The number of nitrogens with zero attached hydrogens (tertiary/aromatic N) is 5. The lowest BCUT2D eigenvalue weighted by molar-refractivity contribution is 0.306. The first-order valence-electron chi connectivity index (χ1n) is 6.95. The zero-order chi connectivity index (χ0) is 15.9. The van der Waals surface area contributed by atoms with Crippen LogP contribution in [0.25, 0.3) is 0 Å². The van der Waals surface area contributed by atoms with Gasteiger partial charge >= 0.3 is 0 Å². The Morgan fingerprint density at radius 3 is 2.57 bits per heavy atom. The van der Waals surface area contributed by atoms with Crippen LogP contribution in [0.2, 0.25) is 0 Å². The Kier molecular flexibility index (Phi) is 4.41. The first-order valence-corrected chi connectivity index (χ1v) is 6.95. The van der Waals surface area contributed by atoms with Crippen molar-refractivity contribution in [1.82, 2.24) is 14.9 Å². The molecule has 0 amide bonds. The number of hydrogen-bond donors (Lipinski definition) is 0. The number of rotatable bonds is 5. The van der Waals surface area contributed by atoms with Crippen LogP contribution in [0.15, 0.2) is 66.3 Å². The highest BCUT2D eigenvalue weighted by Gasteiger charge is 2.02. The maximum Gasteiger partial charge on any atom is 0.141 e. The summed E-state index contributed by atoms with van der Waals surface area (Å²) >= 11 is 0. The van der Waals surface area contributed by atoms with Crippen molar-refractivity contribution in [2.45, 2.75) is 6.61 Å². The van der Waals surface area contributed by atoms with Crippen LogP contribution in [0.4, 0.5) is 0 Å². The quantitative estimate of drug-likeness (QED) is 0.679. The Labute approximate surface area is 133 Å². The van der Waals surface area contributed by atoms with E-state index >= 15 is 0 Å². The Hall–Kier alpha value is -3.46. The van der Waals surface area contributed by atoms with Crippen molar-refractivity contribution in [3.8, 4) is 11.8 Å². The van der Waals surface area contributed by atoms with Gasteiger partial charge in [0.05, 0.1) is 17.8 Å². The molecule has 0 atom stereocenters. The van der Waals surface area contributed by atoms with E-state index in [2.05, 4.69) is 21.4 Å². The van der Waals surface area contributed by atoms with Gasteiger partial charge < -0.3 is 4.74 Å². The molecule has 3 aromatic rings. The predicted octanol–water partition coefficient (Wildman–Crippen LogP) is 2.61. The molecule has 0 spiro atoms. The maximum absolute atomic E-state index is 8.80. The van der Waals surface area contributed by atoms with Crippen molar-refractivity contribution in [2.75, 3.05) is 0 Å². The van der Waals surface area contributed by atoms with E-state index in [-0.39, 0.29) is 0 Å². The van der Waals surface area contributed by atoms with Gasteiger partial charge in [-0.25, -0.2) is 4.68 Å². The largest absolute Gasteiger partial charge is 0.488 e. The highest BCUT2D eigenvalue weighted by molar-refractivity contribution is 5.83. The van der Waals surface area contributed by atoms with Crippen molar-refractivity contribution in [2.24, 2.45) is 5.10 Å². The Balaban J connectivity index is 1.71. The normalized spacial score (nSPS) is 10.6. The minimum absolute atomic E-state index is 0.420. The van der Waals surface area contributed by atoms with Gasteiger partial charge in [-0.15, -0.1) is 10.2 Å². The number of benzene rings is 2. The zero-order valence-electron chi connectivity index (χ0n) is 12.2. The molecule has 0 unspecified atom stereocenters. The molecule has 0 N–H and O–H groups in total. The van der Waals surface area contributed by atoms with Gasteiger partial charge in [-0.2, -0.15) is 10.4 Å². The maximum atomic E-state index is 8.80. The average molecular weight is 303 g/mol. The van der Waals surface area contributed by atoms with E-state index in [0.29, 0.717) is 12.2 Å². The van der Waals surface area contributed by atoms with Crippen LogP contribution < -0.4 is 4.74 Å². The number of para-hydroxylation sites is 1. The molecule has 2 aromatic carbocycles. The Bertz CT molecular complexity index is 832. The van der Waals surface area contributed by atoms with E-state index in [1.807, 2.05) is 36.4 Å². The first kappa shape index (κ1) is 14.5. The van der Waals surface area contributed by atoms with Gasteiger partial charge in [0.2, 0.25) is 0 Å². The van der Waals surface area contributed by atoms with Crippen LogP contribution in [0, 0.1) is 11.3 Å². The Morgan fingerprint density at radius 1 is 1.09 bits per heavy atom. The smallest absolute Gasteiger partial charge is 0.141 e. The average Bonchev–Trinajstić information content (AvgIpc) is 3.13. The summed E-state index contributed by atoms with van der Waals surface area (Å²) in [5.41, 5.74) is 2.49. The molecular formula is C17H13N5O. The van der Waals surface area contributed by atoms with Crippen LogP contribution in [0.3, 0.4) is 0 Å². The second-order valence-corrected chi connectivity index (χ2v) is 4.72. The summed E-state index contributed by atoms with van der Waals surface area (Å²) in [7, 11) is 0. The fourth-order valence-electron chi connectivity index (χ4n) is 1.94. The highest BCUT2D eigenvalue weighted by Crippen LogP contribution is 2.18. The molecule has 23 heavy (non-hydrogen) atoms. The molecule has 0 saturated carbocycles. The van der Waals surface area contributed by atoms with Gasteiger partial charge in [-0.3, -0.25) is 0 Å². The molecule has 1 heterocycles. The van der Waals surface area contributed by atoms with E-state index in [4.69, 9.17) is 10.00 Å². The summed E-state index contributed by atoms with van der Waals surface area (Å²) in [6, 6.07) is 17.0. The molecule has 0 radical (unpaired) electrons. The van der Waals surface area contributed by atoms with Crippen molar-refractivity contribution < 1.29 is 4.74 Å². The standard InChI is InChI=1S/C17H13N5O/c18-9-14-5-7-15(8-6-14)11-23-17-4-2-1-3-16(17)10-21-22-12-19-20-13-22/h1-8,10,12-13H,11H2/b21-10-. The summed E-state index contributed by atoms with van der Waals surface area (Å²) in [5, 5.41) is 20.4. The second kappa shape index (κ2) is 7.00. The molecule has 0 aliphatic carbocycles. The third-order valence-corrected chi connectivity index (χ3v) is 3.13. The first-order chi connectivity index (χ1) is 11.3. The SMILES string of the molecule is N#Cc1ccc(COc2ccccc2/C=N\n2cnnc2)cc1. The number of aromatic nitrogens is 3. The van der Waals surface area contributed by atoms with E-state index in [9.17, 15) is 0 Å². The minimum atomic E-state index is 0.420. The summed E-state index contributed by atoms with van der Waals surface area (Å²) < 4.78 is 7.36. The molecule has 3 rings (SSSR count). The molecule has 0 aliphatic rings. The summed E-state index contributed by atoms with van der Waals surface area (Å²) in [5.74, 6) is 0.730. The fraction of sp³-hybridized carbons (Fsp3) is 0.0588. The Morgan fingerprint density at radius 2 is 1.83 bits per heavy atom. The minimum Gasteiger partial charge on any atom is -0.488 e. The van der Waals surface area contributed by atoms with E-state index in [1.54, 1.807) is 18.3 Å². The van der Waals surface area contributed by atoms with Gasteiger partial charge in [-0.1, -0.05) is 24.3 Å². The molecule has 112 valence electrons. The van der Waals surface area contributed by atoms with E-state index in [0.717, 1.165) is 16.9 Å². The van der Waals surface area contributed by atoms with Crippen molar-refractivity contribution in [1.29, 1.82) is 5.26 Å². The zero-order valence-corrected chi connectivity index (χ0v) is 12.2. The number of ether oxygens (including phenoxy) is 1. The van der Waals surface area contributed by atoms with Crippen LogP contribution in [-0.2, 0) is 6.61 Å². The van der Waals surface area contributed by atoms with Gasteiger partial charge in [-0.05, 0) is 29.8 Å². The molecular weight excluding hydrogens is 290 g/mol. The van der Waals surface area contributed by atoms with Gasteiger partial charge in [0.15, 0.2) is 0 Å². The molecule has 0 fully saturated rings. The topological polar surface area (TPSA) is 76.1 Å². The van der Waals surface area contributed by atoms with Crippen LogP contribution in [0.5, 0.6) is 5.75 Å². The third-order valence-electron chi connectivity index (χ3n) is 3.13. The molecule has 6 nitrogen and oxygen atoms in total. The predicted molar refractivity (Wildman–Crippen MR) is 84.9 cm³/mol. The fourth-order valence-corrected chi connectivity index (χ4v) is 1.94. The summed E-state index contributed by atoms with van der Waals surface area (Å²) in [6.07, 6.45) is 4.71. The number of nitriles is 1. The summed E-state index contributed by atoms with van der Waals surface area (Å²) in [4.78, 5) is 0. The third kappa shape index (κ3) is 3.80. The summed E-state index contributed by atoms with van der Waals surface area (Å²) in [6.45, 7) is 0.420. The molecule has 1 aromatic heterocycles. The van der Waals surface area contributed by atoms with Gasteiger partial charge in [0, 0.05) is 5.56 Å². The monoisotopic (exact) mass is 303 g/mol. The second-order valence-electron chi connectivity index (χ2n) is 4.72. The number of hydrogen-bond acceptors (Lipinski definition) is 5. The highest BCUT2D eigenvalue weighted by atomic mass is 16.5. The molecule has 0 saturated heterocycles. The van der Waals surface area contributed by atoms with E-state index < -0.39 is 0 Å². The van der Waals surface area contributed by atoms with Crippen molar-refractivity contribution in [3.05, 3.63) is 77.9 Å². The lowest BCUT2D eigenvalue weighted by Gasteiger charge is -2.09. The molecule has 0 bridgehead atoms. The molecule has 0 aliphatic heterocycles. The molecule has 6 heteroatoms. The van der Waals surface area contributed by atoms with Crippen LogP contribution in [-0.4, -0.2) is 21.1 Å². The lowest BCUT2D eigenvalue weighted by atomic mass is 10.1. The van der Waals surface area contributed by atoms with Crippen molar-refractivity contribution >= 4 is 6.21 Å². The van der Waals surface area contributed by atoms with Gasteiger partial charge in [0.1, 0.15) is 25.0 Å². The van der Waals surface area contributed by atoms with Gasteiger partial charge in [0.25, 0.3) is 0 Å². The van der Waals surface area contributed by atoms with Crippen LogP contribution >= 0.6 is 0 Å². The lowest BCUT2D eigenvalue weighted by Crippen LogP contribution is -1.99. The van der Waals surface area contributed by atoms with E-state index in [1.165, 1.54) is 17.3 Å².